The second-order valence-electron chi connectivity index (χ2n) is 10.9. The maximum atomic E-state index is 13.3. The van der Waals surface area contributed by atoms with Crippen molar-refractivity contribution >= 4 is 93.9 Å². The van der Waals surface area contributed by atoms with Gasteiger partial charge in [0.05, 0.1) is 16.3 Å². The number of nitrogens with one attached hydrogen (secondary N) is 2. The molecule has 2 aliphatic rings. The zero-order chi connectivity index (χ0) is 32.4. The molecule has 0 spiro atoms. The molecule has 2 amide bonds. The number of amides is 2. The van der Waals surface area contributed by atoms with Crippen LogP contribution in [-0.4, -0.2) is 70.7 Å². The number of hydrogen-bond donors (Lipinski definition) is 2. The number of benzene rings is 1. The van der Waals surface area contributed by atoms with Gasteiger partial charge in [-0.15, -0.1) is 22.7 Å². The highest BCUT2D eigenvalue weighted by atomic mass is 35.5. The molecule has 0 radical (unpaired) electrons. The fourth-order valence-electron chi connectivity index (χ4n) is 5.41. The van der Waals surface area contributed by atoms with Gasteiger partial charge in [-0.25, -0.2) is 21.6 Å². The van der Waals surface area contributed by atoms with E-state index in [4.69, 9.17) is 23.2 Å². The van der Waals surface area contributed by atoms with Gasteiger partial charge in [0.15, 0.2) is 0 Å². The van der Waals surface area contributed by atoms with Gasteiger partial charge in [0.2, 0.25) is 21.8 Å². The van der Waals surface area contributed by atoms with E-state index < -0.39 is 20.0 Å². The van der Waals surface area contributed by atoms with Gasteiger partial charge in [-0.3, -0.25) is 14.3 Å². The van der Waals surface area contributed by atoms with Gasteiger partial charge in [0.25, 0.3) is 10.0 Å². The molecule has 0 bridgehead atoms. The van der Waals surface area contributed by atoms with Gasteiger partial charge in [-0.05, 0) is 85.5 Å². The number of halogens is 2. The Kier molecular flexibility index (Phi) is 10.6. The van der Waals surface area contributed by atoms with Crippen molar-refractivity contribution < 1.29 is 26.4 Å². The molecular formula is C29H32Cl2N4O6S4. The summed E-state index contributed by atoms with van der Waals surface area (Å²) in [4.78, 5) is 30.2. The molecule has 45 heavy (non-hydrogen) atoms. The van der Waals surface area contributed by atoms with Crippen LogP contribution in [0.2, 0.25) is 9.36 Å². The monoisotopic (exact) mass is 730 g/mol. The van der Waals surface area contributed by atoms with Crippen LogP contribution in [0.4, 0.5) is 0 Å². The van der Waals surface area contributed by atoms with Crippen LogP contribution in [0.3, 0.4) is 0 Å². The van der Waals surface area contributed by atoms with Crippen molar-refractivity contribution in [2.24, 2.45) is 0 Å². The summed E-state index contributed by atoms with van der Waals surface area (Å²) in [6.45, 7) is 2.53. The molecular weight excluding hydrogens is 700 g/mol. The second-order valence-corrected chi connectivity index (χ2v) is 17.7. The van der Waals surface area contributed by atoms with Gasteiger partial charge in [-0.2, -0.15) is 0 Å². The van der Waals surface area contributed by atoms with Crippen LogP contribution >= 0.6 is 45.9 Å². The summed E-state index contributed by atoms with van der Waals surface area (Å²) in [5.41, 5.74) is 1.25. The summed E-state index contributed by atoms with van der Waals surface area (Å²) in [7, 11) is -7.60. The van der Waals surface area contributed by atoms with Crippen molar-refractivity contribution in [1.82, 2.24) is 19.2 Å². The first-order chi connectivity index (χ1) is 21.3. The van der Waals surface area contributed by atoms with E-state index in [0.29, 0.717) is 57.7 Å². The van der Waals surface area contributed by atoms with E-state index in [1.165, 1.54) is 39.8 Å². The Morgan fingerprint density at radius 3 is 2.64 bits per heavy atom. The molecule has 16 heteroatoms. The smallest absolute Gasteiger partial charge is 0.254 e. The van der Waals surface area contributed by atoms with E-state index in [0.717, 1.165) is 21.9 Å². The number of aryl methyl sites for hydroxylation is 1. The second kappa shape index (κ2) is 14.1. The van der Waals surface area contributed by atoms with Crippen molar-refractivity contribution in [3.8, 4) is 0 Å². The van der Waals surface area contributed by atoms with Crippen LogP contribution in [-0.2, 0) is 29.6 Å². The highest BCUT2D eigenvalue weighted by Gasteiger charge is 2.33. The lowest BCUT2D eigenvalue weighted by atomic mass is 10.1. The Bertz CT molecular complexity index is 1880. The van der Waals surface area contributed by atoms with Crippen LogP contribution in [0, 0.1) is 6.92 Å². The zero-order valence-corrected chi connectivity index (χ0v) is 29.1. The van der Waals surface area contributed by atoms with E-state index in [-0.39, 0.29) is 41.6 Å². The quantitative estimate of drug-likeness (QED) is 0.290. The minimum Gasteiger partial charge on any atom is -0.337 e. The van der Waals surface area contributed by atoms with Crippen LogP contribution in [0.1, 0.15) is 42.5 Å². The molecule has 2 saturated heterocycles. The average Bonchev–Trinajstić information content (AvgIpc) is 3.69. The summed E-state index contributed by atoms with van der Waals surface area (Å²) in [6.07, 6.45) is 5.22. The van der Waals surface area contributed by atoms with Gasteiger partial charge >= 0.3 is 0 Å². The third-order valence-corrected chi connectivity index (χ3v) is 13.4. The molecule has 2 N–H and O–H groups in total. The van der Waals surface area contributed by atoms with Gasteiger partial charge < -0.3 is 9.80 Å². The maximum Gasteiger partial charge on any atom is 0.254 e. The van der Waals surface area contributed by atoms with Crippen LogP contribution in [0.25, 0.3) is 16.2 Å². The summed E-state index contributed by atoms with van der Waals surface area (Å²) in [5.74, 6) is -0.517. The van der Waals surface area contributed by atoms with E-state index in [2.05, 4.69) is 9.44 Å². The van der Waals surface area contributed by atoms with Crippen molar-refractivity contribution in [3.63, 3.8) is 0 Å². The lowest BCUT2D eigenvalue weighted by Crippen LogP contribution is -2.47. The first kappa shape index (κ1) is 33.9. The predicted octanol–water partition coefficient (Wildman–Crippen LogP) is 5.33. The number of sulfonamides is 2. The molecule has 2 fully saturated rings. The average molecular weight is 732 g/mol. The molecule has 5 rings (SSSR count). The van der Waals surface area contributed by atoms with E-state index in [1.54, 1.807) is 42.2 Å². The van der Waals surface area contributed by atoms with Crippen LogP contribution < -0.4 is 9.44 Å². The molecule has 1 atom stereocenters. The Morgan fingerprint density at radius 1 is 1.09 bits per heavy atom. The molecule has 0 saturated carbocycles. The number of rotatable bonds is 10. The van der Waals surface area contributed by atoms with Gasteiger partial charge in [0.1, 0.15) is 4.21 Å². The standard InChI is InChI=1S/C29H32Cl2N4O6S4/c1-19-24-15-21(30)6-8-25(24)43-29(19)45(40,41)33-17-22-5-3-12-35(22)28(37)18-34-11-2-4-20(14-27(34)36)16-32-44(38,39)13-10-23-7-9-26(31)42-23/h6-10,13,15-16,22,32-33H,2-5,11-12,14,17-18H2,1H3/b13-10+,20-16+/t22-/m1/s1. The number of carbonyl (C=O) groups is 2. The van der Waals surface area contributed by atoms with Crippen molar-refractivity contribution in [2.45, 2.75) is 49.3 Å². The van der Waals surface area contributed by atoms with Crippen molar-refractivity contribution in [3.05, 3.63) is 67.3 Å². The van der Waals surface area contributed by atoms with Crippen LogP contribution in [0.15, 0.2) is 51.7 Å². The minimum atomic E-state index is -3.82. The molecule has 1 aromatic carbocycles. The molecule has 4 heterocycles. The fourth-order valence-corrected chi connectivity index (χ4v) is 10.2. The number of thiophene rings is 2. The third-order valence-electron chi connectivity index (χ3n) is 7.72. The summed E-state index contributed by atoms with van der Waals surface area (Å²) in [5, 5.41) is 2.37. The molecule has 242 valence electrons. The van der Waals surface area contributed by atoms with E-state index in [9.17, 15) is 26.4 Å². The lowest BCUT2D eigenvalue weighted by molar-refractivity contribution is -0.140. The number of nitrogens with zero attached hydrogens (tertiary/aromatic N) is 2. The molecule has 10 nitrogen and oxygen atoms in total. The zero-order valence-electron chi connectivity index (χ0n) is 24.3. The Morgan fingerprint density at radius 2 is 1.89 bits per heavy atom. The lowest BCUT2D eigenvalue weighted by Gasteiger charge is -2.28. The summed E-state index contributed by atoms with van der Waals surface area (Å²) < 4.78 is 58.0. The third kappa shape index (κ3) is 8.47. The van der Waals surface area contributed by atoms with E-state index in [1.807, 2.05) is 0 Å². The summed E-state index contributed by atoms with van der Waals surface area (Å²) >= 11 is 14.4. The van der Waals surface area contributed by atoms with Gasteiger partial charge in [0, 0.05) is 52.9 Å². The topological polar surface area (TPSA) is 133 Å². The maximum absolute atomic E-state index is 13.3. The van der Waals surface area contributed by atoms with Crippen molar-refractivity contribution in [1.29, 1.82) is 0 Å². The highest BCUT2D eigenvalue weighted by Crippen LogP contribution is 2.35. The normalized spacial score (nSPS) is 19.2. The van der Waals surface area contributed by atoms with Gasteiger partial charge in [-0.1, -0.05) is 23.2 Å². The number of fused-ring (bicyclic) bond motifs is 1. The molecule has 2 aromatic heterocycles. The Labute approximate surface area is 280 Å². The number of carbonyl (C=O) groups excluding carboxylic acids is 2. The van der Waals surface area contributed by atoms with E-state index >= 15 is 0 Å². The van der Waals surface area contributed by atoms with Crippen LogP contribution in [0.5, 0.6) is 0 Å². The number of likely N-dealkylation sites (tertiary alicyclic amines) is 2. The first-order valence-corrected chi connectivity index (χ1v) is 19.6. The largest absolute Gasteiger partial charge is 0.337 e. The molecule has 0 aliphatic carbocycles. The number of hydrogen-bond acceptors (Lipinski definition) is 8. The molecule has 0 unspecified atom stereocenters. The van der Waals surface area contributed by atoms with Crippen molar-refractivity contribution in [2.75, 3.05) is 26.2 Å². The summed E-state index contributed by atoms with van der Waals surface area (Å²) in [6, 6.07) is 8.34. The molecule has 2 aliphatic heterocycles. The molecule has 3 aromatic rings. The highest BCUT2D eigenvalue weighted by molar-refractivity contribution is 7.92. The first-order valence-electron chi connectivity index (χ1n) is 14.2. The Balaban J connectivity index is 1.16. The minimum absolute atomic E-state index is 0.0109. The predicted molar refractivity (Wildman–Crippen MR) is 180 cm³/mol. The SMILES string of the molecule is Cc1c(S(=O)(=O)NC[C@H]2CCCN2C(=O)CN2CCC/C(=C\NS(=O)(=O)/C=C/c3ccc(Cl)s3)CC2=O)sc2ccc(Cl)cc12. The fraction of sp³-hybridized carbons (Fsp3) is 0.379. The Hall–Kier alpha value is -2.46.